The zero-order chi connectivity index (χ0) is 14.2. The minimum Gasteiger partial charge on any atom is -0.396 e. The summed E-state index contributed by atoms with van der Waals surface area (Å²) in [6.45, 7) is 2.66. The Morgan fingerprint density at radius 3 is 2.40 bits per heavy atom. The number of hydrogen-bond donors (Lipinski definition) is 2. The van der Waals surface area contributed by atoms with Gasteiger partial charge in [-0.3, -0.25) is 0 Å². The summed E-state index contributed by atoms with van der Waals surface area (Å²) in [7, 11) is 0. The zero-order valence-corrected chi connectivity index (χ0v) is 12.6. The fourth-order valence-electron chi connectivity index (χ4n) is 3.49. The van der Waals surface area contributed by atoms with E-state index in [0.29, 0.717) is 5.92 Å². The second-order valence-electron chi connectivity index (χ2n) is 6.49. The van der Waals surface area contributed by atoms with Crippen LogP contribution in [0.4, 0.5) is 4.79 Å². The molecular formula is C16H30N2O2. The third kappa shape index (κ3) is 4.97. The average molecular weight is 282 g/mol. The molecule has 0 atom stereocenters. The number of nitrogens with one attached hydrogen (secondary N) is 1. The van der Waals surface area contributed by atoms with Crippen LogP contribution < -0.4 is 5.32 Å². The van der Waals surface area contributed by atoms with Gasteiger partial charge in [-0.15, -0.1) is 0 Å². The molecule has 116 valence electrons. The fourth-order valence-corrected chi connectivity index (χ4v) is 3.49. The van der Waals surface area contributed by atoms with Crippen molar-refractivity contribution in [2.45, 2.75) is 57.8 Å². The second-order valence-corrected chi connectivity index (χ2v) is 6.49. The van der Waals surface area contributed by atoms with Crippen LogP contribution in [-0.4, -0.2) is 42.3 Å². The Morgan fingerprint density at radius 2 is 1.75 bits per heavy atom. The predicted molar refractivity (Wildman–Crippen MR) is 80.6 cm³/mol. The lowest BCUT2D eigenvalue weighted by Gasteiger charge is -2.31. The van der Waals surface area contributed by atoms with Gasteiger partial charge in [0.25, 0.3) is 0 Å². The SMILES string of the molecule is O=C(NCCCC1CCCCC1)N1CCC(CO)CC1. The van der Waals surface area contributed by atoms with E-state index in [2.05, 4.69) is 5.32 Å². The van der Waals surface area contributed by atoms with E-state index in [-0.39, 0.29) is 12.6 Å². The van der Waals surface area contributed by atoms with Gasteiger partial charge in [-0.1, -0.05) is 32.1 Å². The maximum absolute atomic E-state index is 12.0. The van der Waals surface area contributed by atoms with Crippen LogP contribution in [0.2, 0.25) is 0 Å². The van der Waals surface area contributed by atoms with E-state index < -0.39 is 0 Å². The summed E-state index contributed by atoms with van der Waals surface area (Å²) in [6.07, 6.45) is 11.3. The van der Waals surface area contributed by atoms with Gasteiger partial charge in [0.1, 0.15) is 0 Å². The summed E-state index contributed by atoms with van der Waals surface area (Å²) in [4.78, 5) is 13.9. The summed E-state index contributed by atoms with van der Waals surface area (Å²) >= 11 is 0. The molecular weight excluding hydrogens is 252 g/mol. The van der Waals surface area contributed by atoms with E-state index >= 15 is 0 Å². The fraction of sp³-hybridized carbons (Fsp3) is 0.938. The summed E-state index contributed by atoms with van der Waals surface area (Å²) in [5.74, 6) is 1.30. The Balaban J connectivity index is 1.53. The lowest BCUT2D eigenvalue weighted by atomic mass is 9.86. The van der Waals surface area contributed by atoms with Gasteiger partial charge in [-0.2, -0.15) is 0 Å². The van der Waals surface area contributed by atoms with E-state index in [0.717, 1.165) is 44.8 Å². The molecule has 1 heterocycles. The third-order valence-corrected chi connectivity index (χ3v) is 4.95. The number of hydrogen-bond acceptors (Lipinski definition) is 2. The first-order chi connectivity index (χ1) is 9.79. The van der Waals surface area contributed by atoms with Crippen LogP contribution >= 0.6 is 0 Å². The Morgan fingerprint density at radius 1 is 1.05 bits per heavy atom. The number of piperidine rings is 1. The van der Waals surface area contributed by atoms with Gasteiger partial charge in [-0.05, 0) is 37.5 Å². The van der Waals surface area contributed by atoms with Gasteiger partial charge in [0, 0.05) is 26.2 Å². The number of carbonyl (C=O) groups is 1. The first kappa shape index (κ1) is 15.6. The van der Waals surface area contributed by atoms with E-state index in [4.69, 9.17) is 5.11 Å². The largest absolute Gasteiger partial charge is 0.396 e. The third-order valence-electron chi connectivity index (χ3n) is 4.95. The lowest BCUT2D eigenvalue weighted by molar-refractivity contribution is 0.137. The lowest BCUT2D eigenvalue weighted by Crippen LogP contribution is -2.45. The Kier molecular flexibility index (Phi) is 6.64. The van der Waals surface area contributed by atoms with Crippen molar-refractivity contribution in [2.75, 3.05) is 26.2 Å². The summed E-state index contributed by atoms with van der Waals surface area (Å²) < 4.78 is 0. The minimum atomic E-state index is 0.0880. The maximum atomic E-state index is 12.0. The molecule has 0 aromatic rings. The number of nitrogens with zero attached hydrogens (tertiary/aromatic N) is 1. The molecule has 0 bridgehead atoms. The Hall–Kier alpha value is -0.770. The average Bonchev–Trinajstić information content (AvgIpc) is 2.52. The second kappa shape index (κ2) is 8.50. The monoisotopic (exact) mass is 282 g/mol. The van der Waals surface area contributed by atoms with Gasteiger partial charge < -0.3 is 15.3 Å². The minimum absolute atomic E-state index is 0.0880. The number of aliphatic hydroxyl groups excluding tert-OH is 1. The highest BCUT2D eigenvalue weighted by Gasteiger charge is 2.21. The predicted octanol–water partition coefficient (Wildman–Crippen LogP) is 2.76. The summed E-state index contributed by atoms with van der Waals surface area (Å²) in [5, 5.41) is 12.1. The molecule has 1 saturated heterocycles. The smallest absolute Gasteiger partial charge is 0.317 e. The Bertz CT molecular complexity index is 282. The molecule has 0 aromatic heterocycles. The molecule has 2 fully saturated rings. The van der Waals surface area contributed by atoms with E-state index in [1.165, 1.54) is 38.5 Å². The van der Waals surface area contributed by atoms with Crippen LogP contribution in [0.1, 0.15) is 57.8 Å². The molecule has 2 rings (SSSR count). The van der Waals surface area contributed by atoms with Gasteiger partial charge in [-0.25, -0.2) is 4.79 Å². The number of rotatable bonds is 5. The molecule has 0 spiro atoms. The van der Waals surface area contributed by atoms with Crippen LogP contribution in [0.15, 0.2) is 0 Å². The van der Waals surface area contributed by atoms with Gasteiger partial charge in [0.2, 0.25) is 0 Å². The number of aliphatic hydroxyl groups is 1. The topological polar surface area (TPSA) is 52.6 Å². The normalized spacial score (nSPS) is 21.9. The molecule has 0 aromatic carbocycles. The van der Waals surface area contributed by atoms with Crippen molar-refractivity contribution in [1.82, 2.24) is 10.2 Å². The van der Waals surface area contributed by atoms with Crippen molar-refractivity contribution in [1.29, 1.82) is 0 Å². The van der Waals surface area contributed by atoms with Gasteiger partial charge in [0.15, 0.2) is 0 Å². The molecule has 2 N–H and O–H groups in total. The zero-order valence-electron chi connectivity index (χ0n) is 12.6. The molecule has 20 heavy (non-hydrogen) atoms. The molecule has 1 saturated carbocycles. The van der Waals surface area contributed by atoms with E-state index in [1.807, 2.05) is 4.90 Å². The maximum Gasteiger partial charge on any atom is 0.317 e. The van der Waals surface area contributed by atoms with E-state index in [1.54, 1.807) is 0 Å². The van der Waals surface area contributed by atoms with Gasteiger partial charge in [0.05, 0.1) is 0 Å². The first-order valence-corrected chi connectivity index (χ1v) is 8.43. The first-order valence-electron chi connectivity index (χ1n) is 8.43. The van der Waals surface area contributed by atoms with Crippen LogP contribution in [0.3, 0.4) is 0 Å². The van der Waals surface area contributed by atoms with Crippen molar-refractivity contribution >= 4 is 6.03 Å². The highest BCUT2D eigenvalue weighted by molar-refractivity contribution is 5.74. The van der Waals surface area contributed by atoms with Crippen LogP contribution in [-0.2, 0) is 0 Å². The number of urea groups is 1. The molecule has 2 aliphatic rings. The molecule has 4 nitrogen and oxygen atoms in total. The van der Waals surface area contributed by atoms with Crippen LogP contribution in [0.25, 0.3) is 0 Å². The van der Waals surface area contributed by atoms with Crippen LogP contribution in [0, 0.1) is 11.8 Å². The Labute approximate surface area is 122 Å². The summed E-state index contributed by atoms with van der Waals surface area (Å²) in [5.41, 5.74) is 0. The molecule has 1 aliphatic carbocycles. The molecule has 0 radical (unpaired) electrons. The van der Waals surface area contributed by atoms with Crippen molar-refractivity contribution in [2.24, 2.45) is 11.8 Å². The number of amides is 2. The standard InChI is InChI=1S/C16H30N2O2/c19-13-15-8-11-18(12-9-15)16(20)17-10-4-7-14-5-2-1-3-6-14/h14-15,19H,1-13H2,(H,17,20). The van der Waals surface area contributed by atoms with Crippen molar-refractivity contribution in [3.05, 3.63) is 0 Å². The quantitative estimate of drug-likeness (QED) is 0.762. The molecule has 4 heteroatoms. The molecule has 1 aliphatic heterocycles. The summed E-state index contributed by atoms with van der Waals surface area (Å²) in [6, 6.07) is 0.0880. The van der Waals surface area contributed by atoms with Crippen molar-refractivity contribution in [3.8, 4) is 0 Å². The highest BCUT2D eigenvalue weighted by Crippen LogP contribution is 2.27. The van der Waals surface area contributed by atoms with Crippen molar-refractivity contribution in [3.63, 3.8) is 0 Å². The van der Waals surface area contributed by atoms with Crippen molar-refractivity contribution < 1.29 is 9.90 Å². The highest BCUT2D eigenvalue weighted by atomic mass is 16.3. The van der Waals surface area contributed by atoms with E-state index in [9.17, 15) is 4.79 Å². The number of carbonyl (C=O) groups excluding carboxylic acids is 1. The number of likely N-dealkylation sites (tertiary alicyclic amines) is 1. The van der Waals surface area contributed by atoms with Crippen LogP contribution in [0.5, 0.6) is 0 Å². The van der Waals surface area contributed by atoms with Gasteiger partial charge >= 0.3 is 6.03 Å². The molecule has 0 unspecified atom stereocenters. The molecule has 2 amide bonds.